The molecule has 2 N–H and O–H groups in total. The van der Waals surface area contributed by atoms with Crippen LogP contribution in [-0.4, -0.2) is 41.6 Å². The Labute approximate surface area is 146 Å². The van der Waals surface area contributed by atoms with Gasteiger partial charge in [0, 0.05) is 36.3 Å². The minimum absolute atomic E-state index is 0.0124. The Morgan fingerprint density at radius 3 is 2.84 bits per heavy atom. The number of halogens is 1. The fourth-order valence-corrected chi connectivity index (χ4v) is 3.50. The molecule has 0 bridgehead atoms. The summed E-state index contributed by atoms with van der Waals surface area (Å²) in [5, 5.41) is 6.80. The largest absolute Gasteiger partial charge is 0.353 e. The molecule has 0 saturated carbocycles. The molecule has 25 heavy (non-hydrogen) atoms. The van der Waals surface area contributed by atoms with Crippen LogP contribution in [0.15, 0.2) is 24.4 Å². The zero-order chi connectivity index (χ0) is 18.0. The van der Waals surface area contributed by atoms with Gasteiger partial charge in [0.2, 0.25) is 5.91 Å². The fraction of sp³-hybridized carbons (Fsp3) is 0.474. The molecule has 2 aromatic rings. The van der Waals surface area contributed by atoms with E-state index < -0.39 is 6.17 Å². The Bertz CT molecular complexity index is 799. The maximum atomic E-state index is 13.2. The number of alkyl halides is 1. The van der Waals surface area contributed by atoms with Crippen LogP contribution in [0.3, 0.4) is 0 Å². The molecule has 1 amide bonds. The number of aryl methyl sites for hydroxylation is 1. The van der Waals surface area contributed by atoms with E-state index in [4.69, 9.17) is 0 Å². The van der Waals surface area contributed by atoms with Crippen LogP contribution in [0.4, 0.5) is 4.39 Å². The van der Waals surface area contributed by atoms with E-state index in [2.05, 4.69) is 17.6 Å². The number of carbonyl (C=O) groups excluding carboxylic acids is 2. The van der Waals surface area contributed by atoms with Gasteiger partial charge in [0.15, 0.2) is 5.78 Å². The van der Waals surface area contributed by atoms with Gasteiger partial charge in [0.1, 0.15) is 12.7 Å². The molecule has 1 aliphatic rings. The van der Waals surface area contributed by atoms with Gasteiger partial charge < -0.3 is 15.2 Å². The van der Waals surface area contributed by atoms with Gasteiger partial charge in [-0.25, -0.2) is 4.39 Å². The van der Waals surface area contributed by atoms with E-state index in [0.29, 0.717) is 25.1 Å². The Balaban J connectivity index is 1.78. The van der Waals surface area contributed by atoms with Crippen molar-refractivity contribution >= 4 is 22.6 Å². The highest BCUT2D eigenvalue weighted by molar-refractivity contribution is 6.07. The van der Waals surface area contributed by atoms with Crippen molar-refractivity contribution in [3.05, 3.63) is 35.5 Å². The van der Waals surface area contributed by atoms with Crippen LogP contribution < -0.4 is 10.6 Å². The molecule has 5 nitrogen and oxygen atoms in total. The van der Waals surface area contributed by atoms with Gasteiger partial charge in [-0.1, -0.05) is 25.1 Å². The lowest BCUT2D eigenvalue weighted by Gasteiger charge is -2.13. The molecule has 0 aliphatic carbocycles. The summed E-state index contributed by atoms with van der Waals surface area (Å²) in [5.41, 5.74) is 2.68. The number of amides is 1. The predicted molar refractivity (Wildman–Crippen MR) is 95.6 cm³/mol. The molecule has 1 saturated heterocycles. The van der Waals surface area contributed by atoms with Gasteiger partial charge in [0.25, 0.3) is 0 Å². The van der Waals surface area contributed by atoms with Crippen LogP contribution in [0.2, 0.25) is 0 Å². The molecule has 1 aliphatic heterocycles. The highest BCUT2D eigenvalue weighted by Gasteiger charge is 2.24. The summed E-state index contributed by atoms with van der Waals surface area (Å²) in [7, 11) is 0. The number of aromatic nitrogens is 1. The van der Waals surface area contributed by atoms with Crippen LogP contribution in [0.25, 0.3) is 10.9 Å². The average molecular weight is 345 g/mol. The van der Waals surface area contributed by atoms with E-state index >= 15 is 0 Å². The van der Waals surface area contributed by atoms with E-state index in [1.54, 1.807) is 6.20 Å². The number of fused-ring (bicyclic) bond motifs is 1. The standard InChI is InChI=1S/C19H24FN3O2/c1-3-13-5-4-6-16-17(12(2)24)10-23(19(13)16)11-18(25)22-9-15-7-14(20)8-21-15/h4-6,10,14-15,21H,3,7-9,11H2,1-2H3,(H,22,25)/t14-,15-/m0/s1. The van der Waals surface area contributed by atoms with E-state index in [1.807, 2.05) is 22.8 Å². The maximum Gasteiger partial charge on any atom is 0.239 e. The lowest BCUT2D eigenvalue weighted by molar-refractivity contribution is -0.121. The average Bonchev–Trinajstić information content (AvgIpc) is 3.17. The van der Waals surface area contributed by atoms with Gasteiger partial charge >= 0.3 is 0 Å². The van der Waals surface area contributed by atoms with Crippen molar-refractivity contribution in [3.63, 3.8) is 0 Å². The van der Waals surface area contributed by atoms with E-state index in [-0.39, 0.29) is 24.3 Å². The molecular weight excluding hydrogens is 321 g/mol. The third kappa shape index (κ3) is 3.74. The molecule has 6 heteroatoms. The lowest BCUT2D eigenvalue weighted by atomic mass is 10.1. The van der Waals surface area contributed by atoms with Crippen LogP contribution in [-0.2, 0) is 17.8 Å². The van der Waals surface area contributed by atoms with Gasteiger partial charge in [0.05, 0.1) is 5.52 Å². The first-order valence-corrected chi connectivity index (χ1v) is 8.75. The minimum Gasteiger partial charge on any atom is -0.353 e. The molecule has 134 valence electrons. The van der Waals surface area contributed by atoms with Crippen molar-refractivity contribution in [2.75, 3.05) is 13.1 Å². The Hall–Kier alpha value is -2.21. The Kier molecular flexibility index (Phi) is 5.18. The zero-order valence-corrected chi connectivity index (χ0v) is 14.6. The molecule has 0 spiro atoms. The summed E-state index contributed by atoms with van der Waals surface area (Å²) in [6.07, 6.45) is 2.18. The number of carbonyl (C=O) groups is 2. The van der Waals surface area contributed by atoms with Crippen molar-refractivity contribution in [3.8, 4) is 0 Å². The summed E-state index contributed by atoms with van der Waals surface area (Å²) in [6.45, 7) is 4.51. The highest BCUT2D eigenvalue weighted by Crippen LogP contribution is 2.25. The molecule has 1 aromatic heterocycles. The number of benzene rings is 1. The minimum atomic E-state index is -0.833. The van der Waals surface area contributed by atoms with Gasteiger partial charge in [-0.3, -0.25) is 9.59 Å². The van der Waals surface area contributed by atoms with Crippen LogP contribution in [0.1, 0.15) is 36.2 Å². The number of nitrogens with zero attached hydrogens (tertiary/aromatic N) is 1. The molecule has 2 atom stereocenters. The molecular formula is C19H24FN3O2. The maximum absolute atomic E-state index is 13.2. The SMILES string of the molecule is CCc1cccc2c(C(C)=O)cn(CC(=O)NC[C@@H]3C[C@H](F)CN3)c12. The third-order valence-corrected chi connectivity index (χ3v) is 4.77. The van der Waals surface area contributed by atoms with Gasteiger partial charge in [-0.2, -0.15) is 0 Å². The predicted octanol–water partition coefficient (Wildman–Crippen LogP) is 2.22. The number of Topliss-reactive ketones (excluding diaryl/α,β-unsaturated/α-hetero) is 1. The van der Waals surface area contributed by atoms with Gasteiger partial charge in [-0.15, -0.1) is 0 Å². The fourth-order valence-electron chi connectivity index (χ4n) is 3.50. The number of hydrogen-bond donors (Lipinski definition) is 2. The van der Waals surface area contributed by atoms with Crippen molar-refractivity contribution in [2.24, 2.45) is 0 Å². The lowest BCUT2D eigenvalue weighted by Crippen LogP contribution is -2.38. The van der Waals surface area contributed by atoms with Crippen molar-refractivity contribution in [2.45, 2.75) is 45.4 Å². The molecule has 3 rings (SSSR count). The molecule has 1 aromatic carbocycles. The summed E-state index contributed by atoms with van der Waals surface area (Å²) < 4.78 is 15.0. The van der Waals surface area contributed by atoms with Gasteiger partial charge in [-0.05, 0) is 25.3 Å². The summed E-state index contributed by atoms with van der Waals surface area (Å²) in [4.78, 5) is 24.3. The Morgan fingerprint density at radius 1 is 1.40 bits per heavy atom. The molecule has 0 radical (unpaired) electrons. The Morgan fingerprint density at radius 2 is 2.20 bits per heavy atom. The summed E-state index contributed by atoms with van der Waals surface area (Å²) in [6, 6.07) is 5.87. The second-order valence-corrected chi connectivity index (χ2v) is 6.64. The first-order chi connectivity index (χ1) is 12.0. The smallest absolute Gasteiger partial charge is 0.239 e. The normalized spacial score (nSPS) is 20.1. The summed E-state index contributed by atoms with van der Waals surface area (Å²) in [5.74, 6) is -0.149. The number of ketones is 1. The van der Waals surface area contributed by atoms with Crippen LogP contribution in [0.5, 0.6) is 0 Å². The quantitative estimate of drug-likeness (QED) is 0.789. The van der Waals surface area contributed by atoms with Crippen molar-refractivity contribution in [1.82, 2.24) is 15.2 Å². The van der Waals surface area contributed by atoms with E-state index in [0.717, 1.165) is 22.9 Å². The molecule has 2 heterocycles. The van der Waals surface area contributed by atoms with Crippen LogP contribution in [0, 0.1) is 0 Å². The zero-order valence-electron chi connectivity index (χ0n) is 14.6. The topological polar surface area (TPSA) is 63.1 Å². The third-order valence-electron chi connectivity index (χ3n) is 4.77. The van der Waals surface area contributed by atoms with Crippen molar-refractivity contribution < 1.29 is 14.0 Å². The monoisotopic (exact) mass is 345 g/mol. The number of hydrogen-bond acceptors (Lipinski definition) is 3. The summed E-state index contributed by atoms with van der Waals surface area (Å²) >= 11 is 0. The van der Waals surface area contributed by atoms with E-state index in [1.165, 1.54) is 6.92 Å². The van der Waals surface area contributed by atoms with Crippen LogP contribution >= 0.6 is 0 Å². The first kappa shape index (κ1) is 17.6. The molecule has 1 fully saturated rings. The highest BCUT2D eigenvalue weighted by atomic mass is 19.1. The first-order valence-electron chi connectivity index (χ1n) is 8.75. The second-order valence-electron chi connectivity index (χ2n) is 6.64. The second kappa shape index (κ2) is 7.35. The number of para-hydroxylation sites is 1. The van der Waals surface area contributed by atoms with Crippen molar-refractivity contribution in [1.29, 1.82) is 0 Å². The number of nitrogens with one attached hydrogen (secondary N) is 2. The molecule has 0 unspecified atom stereocenters. The van der Waals surface area contributed by atoms with E-state index in [9.17, 15) is 14.0 Å². The number of rotatable bonds is 6.